The molecular weight excluding hydrogens is 216 g/mol. The van der Waals surface area contributed by atoms with Gasteiger partial charge in [-0.15, -0.1) is 0 Å². The molecule has 0 unspecified atom stereocenters. The lowest BCUT2D eigenvalue weighted by molar-refractivity contribution is 0.600. The molecule has 98 valence electrons. The third-order valence-corrected chi connectivity index (χ3v) is 3.04. The van der Waals surface area contributed by atoms with E-state index in [4.69, 9.17) is 0 Å². The van der Waals surface area contributed by atoms with Crippen LogP contribution in [0.3, 0.4) is 0 Å². The zero-order valence-electron chi connectivity index (χ0n) is 11.4. The van der Waals surface area contributed by atoms with E-state index in [-0.39, 0.29) is 0 Å². The molecule has 0 radical (unpaired) electrons. The summed E-state index contributed by atoms with van der Waals surface area (Å²) in [6.07, 6.45) is 32.0. The molecule has 0 fully saturated rings. The summed E-state index contributed by atoms with van der Waals surface area (Å²) in [4.78, 5) is 0. The molecule has 0 bridgehead atoms. The van der Waals surface area contributed by atoms with Gasteiger partial charge in [-0.3, -0.25) is 0 Å². The highest BCUT2D eigenvalue weighted by atomic mass is 14.0. The van der Waals surface area contributed by atoms with Gasteiger partial charge in [-0.1, -0.05) is 86.4 Å². The van der Waals surface area contributed by atoms with E-state index < -0.39 is 0 Å². The van der Waals surface area contributed by atoms with E-state index >= 15 is 0 Å². The van der Waals surface area contributed by atoms with Crippen molar-refractivity contribution in [2.75, 3.05) is 0 Å². The molecule has 0 aromatic heterocycles. The van der Waals surface area contributed by atoms with Gasteiger partial charge in [0, 0.05) is 0 Å². The monoisotopic (exact) mass is 242 g/mol. The van der Waals surface area contributed by atoms with Crippen molar-refractivity contribution in [1.29, 1.82) is 0 Å². The Bertz CT molecular complexity index is 281. The Kier molecular flexibility index (Phi) is 9.97. The Hall–Kier alpha value is -1.30. The van der Waals surface area contributed by atoms with Gasteiger partial charge in [0.25, 0.3) is 0 Å². The molecule has 0 saturated heterocycles. The SMILES string of the molecule is C1=CC=CC=CCCCCCCCCC=CC=C1. The average Bonchev–Trinajstić information content (AvgIpc) is 2.39. The van der Waals surface area contributed by atoms with Crippen molar-refractivity contribution in [2.24, 2.45) is 0 Å². The van der Waals surface area contributed by atoms with Gasteiger partial charge in [-0.2, -0.15) is 0 Å². The van der Waals surface area contributed by atoms with E-state index in [2.05, 4.69) is 60.8 Å². The fraction of sp³-hybridized carbons (Fsp3) is 0.444. The maximum absolute atomic E-state index is 2.27. The van der Waals surface area contributed by atoms with Crippen molar-refractivity contribution in [3.05, 3.63) is 60.8 Å². The van der Waals surface area contributed by atoms with Gasteiger partial charge in [0.1, 0.15) is 0 Å². The van der Waals surface area contributed by atoms with Gasteiger partial charge >= 0.3 is 0 Å². The molecule has 0 N–H and O–H groups in total. The number of allylic oxidation sites excluding steroid dienone is 10. The fourth-order valence-electron chi connectivity index (χ4n) is 1.97. The van der Waals surface area contributed by atoms with Crippen LogP contribution in [0.2, 0.25) is 0 Å². The van der Waals surface area contributed by atoms with Gasteiger partial charge in [-0.05, 0) is 25.7 Å². The van der Waals surface area contributed by atoms with E-state index in [1.165, 1.54) is 51.4 Å². The van der Waals surface area contributed by atoms with E-state index in [1.54, 1.807) is 0 Å². The number of rotatable bonds is 0. The van der Waals surface area contributed by atoms with Crippen molar-refractivity contribution in [3.63, 3.8) is 0 Å². The highest BCUT2D eigenvalue weighted by Gasteiger charge is 1.89. The summed E-state index contributed by atoms with van der Waals surface area (Å²) in [5.74, 6) is 0. The van der Waals surface area contributed by atoms with Crippen LogP contribution in [0.1, 0.15) is 51.4 Å². The highest BCUT2D eigenvalue weighted by molar-refractivity contribution is 5.17. The first-order chi connectivity index (χ1) is 9.00. The van der Waals surface area contributed by atoms with Crippen molar-refractivity contribution in [2.45, 2.75) is 51.4 Å². The summed E-state index contributed by atoms with van der Waals surface area (Å²) in [5, 5.41) is 0. The molecule has 0 heterocycles. The summed E-state index contributed by atoms with van der Waals surface area (Å²) in [6, 6.07) is 0. The third-order valence-electron chi connectivity index (χ3n) is 3.04. The van der Waals surface area contributed by atoms with Gasteiger partial charge in [-0.25, -0.2) is 0 Å². The van der Waals surface area contributed by atoms with Crippen LogP contribution in [0, 0.1) is 0 Å². The Morgan fingerprint density at radius 2 is 0.667 bits per heavy atom. The van der Waals surface area contributed by atoms with Crippen LogP contribution >= 0.6 is 0 Å². The molecular formula is C18H26. The summed E-state index contributed by atoms with van der Waals surface area (Å²) >= 11 is 0. The summed E-state index contributed by atoms with van der Waals surface area (Å²) in [6.45, 7) is 0. The molecule has 1 aliphatic carbocycles. The molecule has 0 spiro atoms. The maximum atomic E-state index is 2.27. The minimum absolute atomic E-state index is 1.22. The van der Waals surface area contributed by atoms with Crippen LogP contribution in [0.15, 0.2) is 60.8 Å². The second kappa shape index (κ2) is 12.2. The Balaban J connectivity index is 2.35. The standard InChI is InChI=1S/C18H26/c1-2-4-6-8-10-12-14-16-18-17-15-13-11-9-7-5-3-1/h1-10H,11-18H2. The molecule has 0 amide bonds. The predicted octanol–water partition coefficient (Wildman–Crippen LogP) is 5.90. The zero-order chi connectivity index (χ0) is 12.7. The van der Waals surface area contributed by atoms with Crippen LogP contribution in [-0.2, 0) is 0 Å². The van der Waals surface area contributed by atoms with Crippen molar-refractivity contribution in [1.82, 2.24) is 0 Å². The Labute approximate surface area is 112 Å². The molecule has 0 aliphatic heterocycles. The largest absolute Gasteiger partial charge is 0.0845 e. The maximum Gasteiger partial charge on any atom is -0.0348 e. The van der Waals surface area contributed by atoms with Gasteiger partial charge < -0.3 is 0 Å². The molecule has 0 saturated carbocycles. The first-order valence-corrected chi connectivity index (χ1v) is 7.32. The van der Waals surface area contributed by atoms with Crippen molar-refractivity contribution < 1.29 is 0 Å². The van der Waals surface area contributed by atoms with E-state index in [0.717, 1.165) is 0 Å². The highest BCUT2D eigenvalue weighted by Crippen LogP contribution is 2.09. The summed E-state index contributed by atoms with van der Waals surface area (Å²) < 4.78 is 0. The Morgan fingerprint density at radius 3 is 1.11 bits per heavy atom. The average molecular weight is 242 g/mol. The molecule has 0 atom stereocenters. The molecule has 1 rings (SSSR count). The first kappa shape index (κ1) is 14.8. The second-order valence-corrected chi connectivity index (χ2v) is 4.71. The molecule has 0 aromatic carbocycles. The van der Waals surface area contributed by atoms with Crippen LogP contribution < -0.4 is 0 Å². The van der Waals surface area contributed by atoms with E-state index in [0.29, 0.717) is 0 Å². The molecule has 0 heteroatoms. The minimum atomic E-state index is 1.22. The first-order valence-electron chi connectivity index (χ1n) is 7.32. The normalized spacial score (nSPS) is 19.6. The summed E-state index contributed by atoms with van der Waals surface area (Å²) in [7, 11) is 0. The zero-order valence-corrected chi connectivity index (χ0v) is 11.4. The minimum Gasteiger partial charge on any atom is -0.0845 e. The van der Waals surface area contributed by atoms with E-state index in [9.17, 15) is 0 Å². The van der Waals surface area contributed by atoms with Gasteiger partial charge in [0.15, 0.2) is 0 Å². The molecule has 0 nitrogen and oxygen atoms in total. The molecule has 18 heavy (non-hydrogen) atoms. The second-order valence-electron chi connectivity index (χ2n) is 4.71. The van der Waals surface area contributed by atoms with Gasteiger partial charge in [0.2, 0.25) is 0 Å². The smallest absolute Gasteiger partial charge is 0.0348 e. The van der Waals surface area contributed by atoms with Crippen molar-refractivity contribution in [3.8, 4) is 0 Å². The lowest BCUT2D eigenvalue weighted by atomic mass is 10.1. The predicted molar refractivity (Wildman–Crippen MR) is 82.6 cm³/mol. The number of hydrogen-bond acceptors (Lipinski definition) is 0. The topological polar surface area (TPSA) is 0 Å². The lowest BCUT2D eigenvalue weighted by Crippen LogP contribution is -1.79. The quantitative estimate of drug-likeness (QED) is 0.496. The lowest BCUT2D eigenvalue weighted by Gasteiger charge is -1.99. The molecule has 0 aromatic rings. The summed E-state index contributed by atoms with van der Waals surface area (Å²) in [5.41, 5.74) is 0. The molecule has 1 aliphatic rings. The van der Waals surface area contributed by atoms with Crippen LogP contribution in [0.5, 0.6) is 0 Å². The van der Waals surface area contributed by atoms with Gasteiger partial charge in [0.05, 0.1) is 0 Å². The third kappa shape index (κ3) is 9.89. The number of hydrogen-bond donors (Lipinski definition) is 0. The Morgan fingerprint density at radius 1 is 0.333 bits per heavy atom. The van der Waals surface area contributed by atoms with Crippen LogP contribution in [-0.4, -0.2) is 0 Å². The van der Waals surface area contributed by atoms with E-state index in [1.807, 2.05) is 0 Å². The van der Waals surface area contributed by atoms with Crippen LogP contribution in [0.25, 0.3) is 0 Å². The van der Waals surface area contributed by atoms with Crippen molar-refractivity contribution >= 4 is 0 Å². The fourth-order valence-corrected chi connectivity index (χ4v) is 1.97. The van der Waals surface area contributed by atoms with Crippen LogP contribution in [0.4, 0.5) is 0 Å².